The molecule has 4 atom stereocenters. The summed E-state index contributed by atoms with van der Waals surface area (Å²) < 4.78 is 29.0. The van der Waals surface area contributed by atoms with Crippen molar-refractivity contribution in [2.75, 3.05) is 33.6 Å². The lowest BCUT2D eigenvalue weighted by molar-refractivity contribution is -0.179. The van der Waals surface area contributed by atoms with Crippen LogP contribution in [0, 0.1) is 0 Å². The zero-order valence-corrected chi connectivity index (χ0v) is 26.7. The van der Waals surface area contributed by atoms with Gasteiger partial charge in [-0.3, -0.25) is 9.69 Å². The van der Waals surface area contributed by atoms with Crippen LogP contribution in [0.15, 0.2) is 24.0 Å². The first-order valence-corrected chi connectivity index (χ1v) is 16.3. The fourth-order valence-electron chi connectivity index (χ4n) is 7.40. The lowest BCUT2D eigenvalue weighted by Crippen LogP contribution is -2.49. The second kappa shape index (κ2) is 13.3. The summed E-state index contributed by atoms with van der Waals surface area (Å²) in [6.45, 7) is 7.59. The summed E-state index contributed by atoms with van der Waals surface area (Å²) in [5.74, 6) is 0.0494. The molecule has 4 unspecified atom stereocenters. The van der Waals surface area contributed by atoms with Crippen molar-refractivity contribution < 1.29 is 43.5 Å². The Bertz CT molecular complexity index is 1240. The molecule has 3 aliphatic heterocycles. The highest BCUT2D eigenvalue weighted by molar-refractivity contribution is 5.86. The number of carbonyl (C=O) groups is 2. The van der Waals surface area contributed by atoms with Crippen LogP contribution in [-0.4, -0.2) is 83.5 Å². The van der Waals surface area contributed by atoms with Gasteiger partial charge in [-0.1, -0.05) is 26.2 Å². The van der Waals surface area contributed by atoms with E-state index < -0.39 is 41.2 Å². The Labute approximate surface area is 260 Å². The van der Waals surface area contributed by atoms with E-state index in [-0.39, 0.29) is 25.7 Å². The fraction of sp³-hybridized carbons (Fsp3) is 0.706. The fourth-order valence-corrected chi connectivity index (χ4v) is 7.40. The third kappa shape index (κ3) is 6.72. The van der Waals surface area contributed by atoms with Crippen molar-refractivity contribution in [1.82, 2.24) is 4.90 Å². The van der Waals surface area contributed by atoms with Crippen molar-refractivity contribution in [3.05, 3.63) is 35.1 Å². The van der Waals surface area contributed by atoms with Gasteiger partial charge in [-0.2, -0.15) is 0 Å². The second-order valence-corrected chi connectivity index (χ2v) is 13.4. The zero-order chi connectivity index (χ0) is 31.5. The molecule has 0 aromatic heterocycles. The van der Waals surface area contributed by atoms with Crippen LogP contribution in [0.2, 0.25) is 0 Å². The summed E-state index contributed by atoms with van der Waals surface area (Å²) in [6.07, 6.45) is 7.79. The normalized spacial score (nSPS) is 25.3. The number of hydrogen-bond donors (Lipinski definition) is 2. The van der Waals surface area contributed by atoms with Gasteiger partial charge in [0.05, 0.1) is 37.2 Å². The van der Waals surface area contributed by atoms with Crippen molar-refractivity contribution in [2.45, 2.75) is 120 Å². The van der Waals surface area contributed by atoms with E-state index in [0.29, 0.717) is 30.1 Å². The molecule has 10 nitrogen and oxygen atoms in total. The molecule has 1 aliphatic carbocycles. The smallest absolute Gasteiger partial charge is 0.339 e. The molecule has 1 aromatic rings. The molecule has 0 radical (unpaired) electrons. The van der Waals surface area contributed by atoms with E-state index in [9.17, 15) is 19.8 Å². The number of nitrogens with zero attached hydrogens (tertiary/aromatic N) is 1. The number of rotatable bonds is 14. The van der Waals surface area contributed by atoms with Gasteiger partial charge in [0, 0.05) is 6.54 Å². The lowest BCUT2D eigenvalue weighted by Gasteiger charge is -2.39. The topological polar surface area (TPSA) is 124 Å². The van der Waals surface area contributed by atoms with E-state index in [1.165, 1.54) is 0 Å². The molecule has 1 saturated heterocycles. The SMILES string of the molecule is CCCCCCOC(=O)CC(O)(CCCC(C)(C)O)C(=O)OC1C(OC)=CC23CCCN2CCc2cc4c(cc2C13)OCO4. The predicted molar refractivity (Wildman–Crippen MR) is 162 cm³/mol. The molecule has 0 bridgehead atoms. The zero-order valence-electron chi connectivity index (χ0n) is 26.7. The van der Waals surface area contributed by atoms with E-state index in [1.54, 1.807) is 21.0 Å². The van der Waals surface area contributed by atoms with Gasteiger partial charge in [0.25, 0.3) is 0 Å². The average Bonchev–Trinajstić information content (AvgIpc) is 3.65. The Morgan fingerprint density at radius 2 is 1.84 bits per heavy atom. The summed E-state index contributed by atoms with van der Waals surface area (Å²) in [5, 5.41) is 22.1. The van der Waals surface area contributed by atoms with Gasteiger partial charge in [-0.15, -0.1) is 0 Å². The quantitative estimate of drug-likeness (QED) is 0.228. The Hall–Kier alpha value is -2.82. The largest absolute Gasteiger partial charge is 0.497 e. The lowest BCUT2D eigenvalue weighted by atomic mass is 9.77. The molecule has 1 fully saturated rings. The maximum atomic E-state index is 14.1. The maximum absolute atomic E-state index is 14.1. The van der Waals surface area contributed by atoms with E-state index >= 15 is 0 Å². The van der Waals surface area contributed by atoms with Crippen molar-refractivity contribution >= 4 is 11.9 Å². The van der Waals surface area contributed by atoms with Crippen LogP contribution in [-0.2, 0) is 30.2 Å². The van der Waals surface area contributed by atoms with Gasteiger partial charge in [-0.25, -0.2) is 4.79 Å². The number of unbranched alkanes of at least 4 members (excludes halogenated alkanes) is 3. The van der Waals surface area contributed by atoms with Crippen LogP contribution in [0.4, 0.5) is 0 Å². The number of methoxy groups -OCH3 is 1. The number of ether oxygens (including phenoxy) is 5. The summed E-state index contributed by atoms with van der Waals surface area (Å²) in [6, 6.07) is 4.03. The molecule has 5 rings (SSSR count). The van der Waals surface area contributed by atoms with Crippen LogP contribution in [0.25, 0.3) is 0 Å². The number of fused-ring (bicyclic) bond motifs is 3. The Morgan fingerprint density at radius 3 is 2.57 bits per heavy atom. The number of benzene rings is 1. The molecule has 1 spiro atoms. The van der Waals surface area contributed by atoms with Gasteiger partial charge >= 0.3 is 11.9 Å². The van der Waals surface area contributed by atoms with Crippen molar-refractivity contribution in [3.8, 4) is 11.5 Å². The minimum Gasteiger partial charge on any atom is -0.497 e. The standard InChI is InChI=1S/C34H49NO9/c1-5-6-7-8-17-41-28(36)21-34(39,14-9-12-32(2,3)38)31(37)44-30-27(40-4)20-33-13-10-15-35(33)16-11-23-18-25-26(43-22-42-25)19-24(23)29(30)33/h18-20,29-30,38-39H,5-17,21-22H2,1-4H3. The molecule has 0 amide bonds. The van der Waals surface area contributed by atoms with Crippen molar-refractivity contribution in [3.63, 3.8) is 0 Å². The molecule has 10 heteroatoms. The predicted octanol–water partition coefficient (Wildman–Crippen LogP) is 4.53. The molecule has 244 valence electrons. The highest BCUT2D eigenvalue weighted by Crippen LogP contribution is 2.55. The highest BCUT2D eigenvalue weighted by Gasteiger charge is 2.59. The monoisotopic (exact) mass is 615 g/mol. The average molecular weight is 616 g/mol. The van der Waals surface area contributed by atoms with E-state index in [1.807, 2.05) is 12.1 Å². The summed E-state index contributed by atoms with van der Waals surface area (Å²) in [4.78, 5) is 29.4. The molecule has 44 heavy (non-hydrogen) atoms. The third-order valence-electron chi connectivity index (χ3n) is 9.65. The first-order valence-electron chi connectivity index (χ1n) is 16.3. The minimum atomic E-state index is -2.13. The molecule has 3 heterocycles. The molecule has 4 aliphatic rings. The van der Waals surface area contributed by atoms with Crippen LogP contribution in [0.1, 0.15) is 102 Å². The van der Waals surface area contributed by atoms with Gasteiger partial charge in [0.1, 0.15) is 5.76 Å². The number of esters is 2. The number of hydrogen-bond acceptors (Lipinski definition) is 10. The van der Waals surface area contributed by atoms with E-state index in [4.69, 9.17) is 23.7 Å². The van der Waals surface area contributed by atoms with E-state index in [0.717, 1.165) is 69.2 Å². The molecular formula is C34H49NO9. The first kappa shape index (κ1) is 32.6. The van der Waals surface area contributed by atoms with Gasteiger partial charge < -0.3 is 33.9 Å². The summed E-state index contributed by atoms with van der Waals surface area (Å²) in [7, 11) is 1.57. The second-order valence-electron chi connectivity index (χ2n) is 13.4. The van der Waals surface area contributed by atoms with Crippen LogP contribution in [0.3, 0.4) is 0 Å². The Morgan fingerprint density at radius 1 is 1.07 bits per heavy atom. The van der Waals surface area contributed by atoms with Gasteiger partial charge in [-0.05, 0) is 94.7 Å². The van der Waals surface area contributed by atoms with Gasteiger partial charge in [0.2, 0.25) is 6.79 Å². The maximum Gasteiger partial charge on any atom is 0.339 e. The number of carbonyl (C=O) groups excluding carboxylic acids is 2. The van der Waals surface area contributed by atoms with E-state index in [2.05, 4.69) is 17.9 Å². The van der Waals surface area contributed by atoms with Crippen LogP contribution in [0.5, 0.6) is 11.5 Å². The number of aliphatic hydroxyl groups is 2. The third-order valence-corrected chi connectivity index (χ3v) is 9.65. The first-order chi connectivity index (χ1) is 21.0. The molecular weight excluding hydrogens is 566 g/mol. The summed E-state index contributed by atoms with van der Waals surface area (Å²) in [5.41, 5.74) is -1.43. The molecule has 0 saturated carbocycles. The minimum absolute atomic E-state index is 0.0588. The van der Waals surface area contributed by atoms with Crippen LogP contribution < -0.4 is 9.47 Å². The molecule has 1 aromatic carbocycles. The van der Waals surface area contributed by atoms with Crippen molar-refractivity contribution in [1.29, 1.82) is 0 Å². The van der Waals surface area contributed by atoms with Crippen LogP contribution >= 0.6 is 0 Å². The highest BCUT2D eigenvalue weighted by atomic mass is 16.7. The van der Waals surface area contributed by atoms with Gasteiger partial charge in [0.15, 0.2) is 23.2 Å². The Balaban J connectivity index is 1.42. The molecule has 2 N–H and O–H groups in total. The van der Waals surface area contributed by atoms with Crippen molar-refractivity contribution in [2.24, 2.45) is 0 Å². The summed E-state index contributed by atoms with van der Waals surface area (Å²) >= 11 is 0. The Kier molecular flexibility index (Phi) is 9.82.